The third-order valence-corrected chi connectivity index (χ3v) is 3.46. The largest absolute Gasteiger partial charge is 0.296 e. The van der Waals surface area contributed by atoms with E-state index in [1.807, 2.05) is 30.3 Å². The highest BCUT2D eigenvalue weighted by atomic mass is 19.1. The topological polar surface area (TPSA) is 32.7 Å². The lowest BCUT2D eigenvalue weighted by atomic mass is 9.95. The predicted octanol–water partition coefficient (Wildman–Crippen LogP) is 3.12. The number of nitrogens with zero attached hydrogens (tertiary/aromatic N) is 2. The molecule has 0 bridgehead atoms. The van der Waals surface area contributed by atoms with E-state index < -0.39 is 11.6 Å². The van der Waals surface area contributed by atoms with Crippen LogP contribution in [0.15, 0.2) is 53.6 Å². The van der Waals surface area contributed by atoms with Gasteiger partial charge in [-0.25, -0.2) is 8.78 Å². The Morgan fingerprint density at radius 3 is 2.62 bits per heavy atom. The fraction of sp³-hybridized carbons (Fsp3) is 0.125. The van der Waals surface area contributed by atoms with Gasteiger partial charge in [0.05, 0.1) is 18.2 Å². The fourth-order valence-corrected chi connectivity index (χ4v) is 2.42. The summed E-state index contributed by atoms with van der Waals surface area (Å²) in [4.78, 5) is 11.2. The standard InChI is InChI=1S/C16H12F2N2O/c17-12-6-7-14(18)16(8-12)20-9-13(15(10-21)19-20)11-4-2-1-3-5-11/h1-8,10,13H,9H2. The van der Waals surface area contributed by atoms with Crippen molar-refractivity contribution in [3.8, 4) is 0 Å². The van der Waals surface area contributed by atoms with Crippen LogP contribution in [0.25, 0.3) is 0 Å². The highest BCUT2D eigenvalue weighted by Crippen LogP contribution is 2.30. The highest BCUT2D eigenvalue weighted by Gasteiger charge is 2.29. The monoisotopic (exact) mass is 286 g/mol. The quantitative estimate of drug-likeness (QED) is 0.812. The maximum atomic E-state index is 13.8. The number of hydrogen-bond acceptors (Lipinski definition) is 3. The van der Waals surface area contributed by atoms with Crippen LogP contribution in [0.2, 0.25) is 0 Å². The molecular formula is C16H12F2N2O. The van der Waals surface area contributed by atoms with Gasteiger partial charge in [0, 0.05) is 6.07 Å². The molecule has 1 unspecified atom stereocenters. The van der Waals surface area contributed by atoms with E-state index in [4.69, 9.17) is 0 Å². The number of halogens is 2. The zero-order valence-electron chi connectivity index (χ0n) is 11.0. The van der Waals surface area contributed by atoms with Crippen LogP contribution in [0, 0.1) is 11.6 Å². The Labute approximate surface area is 120 Å². The summed E-state index contributed by atoms with van der Waals surface area (Å²) in [5.41, 5.74) is 1.26. The minimum Gasteiger partial charge on any atom is -0.296 e. The molecule has 1 atom stereocenters. The number of carbonyl (C=O) groups excluding carboxylic acids is 1. The molecule has 21 heavy (non-hydrogen) atoms. The summed E-state index contributed by atoms with van der Waals surface area (Å²) in [5.74, 6) is -1.36. The van der Waals surface area contributed by atoms with Gasteiger partial charge in [-0.15, -0.1) is 0 Å². The third-order valence-electron chi connectivity index (χ3n) is 3.46. The molecule has 3 nitrogen and oxygen atoms in total. The average Bonchev–Trinajstić information content (AvgIpc) is 2.94. The van der Waals surface area contributed by atoms with E-state index in [0.29, 0.717) is 18.5 Å². The SMILES string of the molecule is O=CC1=NN(c2cc(F)ccc2F)CC1c1ccccc1. The summed E-state index contributed by atoms with van der Waals surface area (Å²) in [5, 5.41) is 5.44. The first kappa shape index (κ1) is 13.4. The molecule has 0 aromatic heterocycles. The van der Waals surface area contributed by atoms with E-state index >= 15 is 0 Å². The molecule has 2 aromatic carbocycles. The number of aldehydes is 1. The second kappa shape index (κ2) is 5.44. The molecule has 1 aliphatic rings. The zero-order valence-corrected chi connectivity index (χ0v) is 11.0. The van der Waals surface area contributed by atoms with Gasteiger partial charge in [0.2, 0.25) is 0 Å². The number of hydrogen-bond donors (Lipinski definition) is 0. The molecule has 106 valence electrons. The maximum Gasteiger partial charge on any atom is 0.166 e. The van der Waals surface area contributed by atoms with Gasteiger partial charge in [-0.05, 0) is 17.7 Å². The van der Waals surface area contributed by atoms with Gasteiger partial charge in [0.1, 0.15) is 17.3 Å². The van der Waals surface area contributed by atoms with Gasteiger partial charge in [-0.1, -0.05) is 30.3 Å². The molecule has 3 rings (SSSR count). The summed E-state index contributed by atoms with van der Waals surface area (Å²) in [6.07, 6.45) is 0.662. The first-order chi connectivity index (χ1) is 10.2. The number of rotatable bonds is 3. The summed E-state index contributed by atoms with van der Waals surface area (Å²) in [6, 6.07) is 12.6. The fourth-order valence-electron chi connectivity index (χ4n) is 2.42. The first-order valence-electron chi connectivity index (χ1n) is 6.50. The average molecular weight is 286 g/mol. The van der Waals surface area contributed by atoms with Gasteiger partial charge in [0.25, 0.3) is 0 Å². The van der Waals surface area contributed by atoms with E-state index in [1.54, 1.807) is 0 Å². The normalized spacial score (nSPS) is 17.7. The van der Waals surface area contributed by atoms with Crippen molar-refractivity contribution in [1.82, 2.24) is 0 Å². The molecule has 1 aliphatic heterocycles. The Morgan fingerprint density at radius 1 is 1.14 bits per heavy atom. The Morgan fingerprint density at radius 2 is 1.90 bits per heavy atom. The van der Waals surface area contributed by atoms with Crippen LogP contribution in [0.3, 0.4) is 0 Å². The minimum atomic E-state index is -0.570. The van der Waals surface area contributed by atoms with Crippen molar-refractivity contribution < 1.29 is 13.6 Å². The van der Waals surface area contributed by atoms with Crippen molar-refractivity contribution in [3.05, 3.63) is 65.7 Å². The van der Waals surface area contributed by atoms with Crippen LogP contribution in [0.5, 0.6) is 0 Å². The summed E-state index contributed by atoms with van der Waals surface area (Å²) in [7, 11) is 0. The van der Waals surface area contributed by atoms with Crippen LogP contribution >= 0.6 is 0 Å². The molecule has 1 heterocycles. The van der Waals surface area contributed by atoms with E-state index in [9.17, 15) is 13.6 Å². The molecular weight excluding hydrogens is 274 g/mol. The van der Waals surface area contributed by atoms with Crippen LogP contribution in [0.1, 0.15) is 11.5 Å². The predicted molar refractivity (Wildman–Crippen MR) is 76.4 cm³/mol. The Bertz CT molecular complexity index is 701. The van der Waals surface area contributed by atoms with Crippen LogP contribution in [-0.4, -0.2) is 18.5 Å². The van der Waals surface area contributed by atoms with Gasteiger partial charge in [-0.2, -0.15) is 5.10 Å². The van der Waals surface area contributed by atoms with Gasteiger partial charge in [-0.3, -0.25) is 9.80 Å². The van der Waals surface area contributed by atoms with Gasteiger partial charge in [0.15, 0.2) is 6.29 Å². The molecule has 0 spiro atoms. The lowest BCUT2D eigenvalue weighted by Gasteiger charge is -2.16. The number of carbonyl (C=O) groups is 1. The highest BCUT2D eigenvalue weighted by molar-refractivity contribution is 6.32. The lowest BCUT2D eigenvalue weighted by Crippen LogP contribution is -2.19. The molecule has 0 fully saturated rings. The maximum absolute atomic E-state index is 13.8. The Kier molecular flexibility index (Phi) is 3.48. The Hall–Kier alpha value is -2.56. The van der Waals surface area contributed by atoms with Crippen LogP contribution in [-0.2, 0) is 4.79 Å². The van der Waals surface area contributed by atoms with Crippen molar-refractivity contribution in [2.45, 2.75) is 5.92 Å². The molecule has 0 aliphatic carbocycles. The van der Waals surface area contributed by atoms with Crippen molar-refractivity contribution >= 4 is 17.7 Å². The van der Waals surface area contributed by atoms with Crippen LogP contribution in [0.4, 0.5) is 14.5 Å². The van der Waals surface area contributed by atoms with E-state index in [1.165, 1.54) is 5.01 Å². The van der Waals surface area contributed by atoms with E-state index in [0.717, 1.165) is 23.8 Å². The van der Waals surface area contributed by atoms with Gasteiger partial charge < -0.3 is 0 Å². The van der Waals surface area contributed by atoms with Crippen molar-refractivity contribution in [3.63, 3.8) is 0 Å². The third kappa shape index (κ3) is 2.54. The summed E-state index contributed by atoms with van der Waals surface area (Å²) in [6.45, 7) is 0.304. The smallest absolute Gasteiger partial charge is 0.166 e. The second-order valence-electron chi connectivity index (χ2n) is 4.78. The molecule has 0 saturated carbocycles. The van der Waals surface area contributed by atoms with Gasteiger partial charge >= 0.3 is 0 Å². The molecule has 2 aromatic rings. The number of hydrazone groups is 1. The molecule has 0 radical (unpaired) electrons. The zero-order chi connectivity index (χ0) is 14.8. The molecule has 0 amide bonds. The Balaban J connectivity index is 1.96. The summed E-state index contributed by atoms with van der Waals surface area (Å²) < 4.78 is 27.1. The van der Waals surface area contributed by atoms with E-state index in [-0.39, 0.29) is 11.6 Å². The minimum absolute atomic E-state index is 0.0350. The van der Waals surface area contributed by atoms with E-state index in [2.05, 4.69) is 5.10 Å². The molecule has 0 N–H and O–H groups in total. The first-order valence-corrected chi connectivity index (χ1v) is 6.50. The van der Waals surface area contributed by atoms with Crippen molar-refractivity contribution in [2.24, 2.45) is 5.10 Å². The molecule has 5 heteroatoms. The number of benzene rings is 2. The number of anilines is 1. The van der Waals surface area contributed by atoms with Crippen LogP contribution < -0.4 is 5.01 Å². The second-order valence-corrected chi connectivity index (χ2v) is 4.78. The lowest BCUT2D eigenvalue weighted by molar-refractivity contribution is -0.102. The van der Waals surface area contributed by atoms with Crippen molar-refractivity contribution in [1.29, 1.82) is 0 Å². The van der Waals surface area contributed by atoms with Crippen molar-refractivity contribution in [2.75, 3.05) is 11.6 Å². The summed E-state index contributed by atoms with van der Waals surface area (Å²) >= 11 is 0. The molecule has 0 saturated heterocycles.